The highest BCUT2D eigenvalue weighted by molar-refractivity contribution is 5.88. The quantitative estimate of drug-likeness (QED) is 0.931. The highest BCUT2D eigenvalue weighted by Crippen LogP contribution is 2.29. The Bertz CT molecular complexity index is 703. The number of aromatic carboxylic acids is 1. The molecule has 1 N–H and O–H groups in total. The number of nitrogens with zero attached hydrogens (tertiary/aromatic N) is 2. The van der Waals surface area contributed by atoms with Crippen molar-refractivity contribution >= 4 is 5.97 Å². The molecule has 0 bridgehead atoms. The van der Waals surface area contributed by atoms with Crippen LogP contribution in [0.15, 0.2) is 30.5 Å². The summed E-state index contributed by atoms with van der Waals surface area (Å²) in [7, 11) is 0. The second-order valence-electron chi connectivity index (χ2n) is 3.64. The maximum atomic E-state index is 13.6. The molecule has 100 valence electrons. The van der Waals surface area contributed by atoms with E-state index in [4.69, 9.17) is 15.1 Å². The zero-order valence-electron chi connectivity index (χ0n) is 9.80. The highest BCUT2D eigenvalue weighted by Gasteiger charge is 2.18. The van der Waals surface area contributed by atoms with Crippen molar-refractivity contribution in [2.75, 3.05) is 0 Å². The van der Waals surface area contributed by atoms with Gasteiger partial charge < -0.3 is 9.84 Å². The van der Waals surface area contributed by atoms with Gasteiger partial charge in [-0.15, -0.1) is 0 Å². The molecule has 1 aromatic heterocycles. The summed E-state index contributed by atoms with van der Waals surface area (Å²) in [6, 6.07) is 5.74. The van der Waals surface area contributed by atoms with Crippen LogP contribution < -0.4 is 4.74 Å². The molecule has 0 saturated heterocycles. The molecule has 0 aliphatic rings. The van der Waals surface area contributed by atoms with Gasteiger partial charge in [0, 0.05) is 6.20 Å². The number of aromatic nitrogens is 1. The Labute approximate surface area is 111 Å². The van der Waals surface area contributed by atoms with E-state index in [0.29, 0.717) is 0 Å². The molecular formula is C13H6F2N2O3. The highest BCUT2D eigenvalue weighted by atomic mass is 19.1. The number of carboxylic acid groups (broad SMARTS) is 1. The largest absolute Gasteiger partial charge is 0.476 e. The minimum Gasteiger partial charge on any atom is -0.476 e. The van der Waals surface area contributed by atoms with Crippen molar-refractivity contribution in [3.05, 3.63) is 53.4 Å². The Hall–Kier alpha value is -3.01. The van der Waals surface area contributed by atoms with Crippen LogP contribution in [0.3, 0.4) is 0 Å². The van der Waals surface area contributed by atoms with Crippen LogP contribution >= 0.6 is 0 Å². The van der Waals surface area contributed by atoms with E-state index in [9.17, 15) is 13.6 Å². The fourth-order valence-electron chi connectivity index (χ4n) is 1.47. The molecule has 1 aromatic carbocycles. The minimum absolute atomic E-state index is 0.211. The Morgan fingerprint density at radius 2 is 2.00 bits per heavy atom. The van der Waals surface area contributed by atoms with Gasteiger partial charge in [0.25, 0.3) is 0 Å². The zero-order valence-corrected chi connectivity index (χ0v) is 9.80. The lowest BCUT2D eigenvalue weighted by molar-refractivity contribution is 0.0687. The molecule has 5 nitrogen and oxygen atoms in total. The van der Waals surface area contributed by atoms with Gasteiger partial charge in [0.15, 0.2) is 28.8 Å². The first-order chi connectivity index (χ1) is 9.52. The Morgan fingerprint density at radius 1 is 1.35 bits per heavy atom. The first-order valence-electron chi connectivity index (χ1n) is 5.28. The number of nitriles is 1. The molecule has 2 rings (SSSR count). The number of pyridine rings is 1. The third-order valence-electron chi connectivity index (χ3n) is 2.31. The van der Waals surface area contributed by atoms with E-state index in [2.05, 4.69) is 4.98 Å². The van der Waals surface area contributed by atoms with Crippen molar-refractivity contribution in [1.29, 1.82) is 5.26 Å². The molecule has 0 fully saturated rings. The monoisotopic (exact) mass is 276 g/mol. The molecule has 0 aliphatic heterocycles. The fraction of sp³-hybridized carbons (Fsp3) is 0. The smallest absolute Gasteiger partial charge is 0.358 e. The molecule has 0 unspecified atom stereocenters. The van der Waals surface area contributed by atoms with Crippen molar-refractivity contribution < 1.29 is 23.4 Å². The summed E-state index contributed by atoms with van der Waals surface area (Å²) in [4.78, 5) is 14.5. The number of ether oxygens (including phenoxy) is 1. The summed E-state index contributed by atoms with van der Waals surface area (Å²) in [5, 5.41) is 17.5. The van der Waals surface area contributed by atoms with E-state index >= 15 is 0 Å². The van der Waals surface area contributed by atoms with E-state index in [1.165, 1.54) is 18.3 Å². The molecule has 0 radical (unpaired) electrons. The van der Waals surface area contributed by atoms with E-state index in [0.717, 1.165) is 12.1 Å². The van der Waals surface area contributed by atoms with Gasteiger partial charge in [-0.05, 0) is 24.3 Å². The topological polar surface area (TPSA) is 83.2 Å². The lowest BCUT2D eigenvalue weighted by atomic mass is 10.2. The van der Waals surface area contributed by atoms with Crippen LogP contribution in [0.1, 0.15) is 16.1 Å². The predicted octanol–water partition coefficient (Wildman–Crippen LogP) is 2.72. The van der Waals surface area contributed by atoms with Gasteiger partial charge in [0.05, 0.1) is 11.6 Å². The summed E-state index contributed by atoms with van der Waals surface area (Å²) in [5.41, 5.74) is -0.687. The number of rotatable bonds is 3. The average molecular weight is 276 g/mol. The normalized spacial score (nSPS) is 9.85. The van der Waals surface area contributed by atoms with Crippen LogP contribution in [0.2, 0.25) is 0 Å². The third-order valence-corrected chi connectivity index (χ3v) is 2.31. The van der Waals surface area contributed by atoms with Gasteiger partial charge in [0.2, 0.25) is 0 Å². The second-order valence-corrected chi connectivity index (χ2v) is 3.64. The van der Waals surface area contributed by atoms with Gasteiger partial charge in [-0.25, -0.2) is 18.6 Å². The summed E-state index contributed by atoms with van der Waals surface area (Å²) in [6.45, 7) is 0. The summed E-state index contributed by atoms with van der Waals surface area (Å²) in [6.07, 6.45) is 1.21. The molecule has 20 heavy (non-hydrogen) atoms. The van der Waals surface area contributed by atoms with Gasteiger partial charge in [-0.3, -0.25) is 0 Å². The van der Waals surface area contributed by atoms with E-state index < -0.39 is 29.0 Å². The van der Waals surface area contributed by atoms with Crippen molar-refractivity contribution in [3.8, 4) is 17.6 Å². The van der Waals surface area contributed by atoms with Crippen molar-refractivity contribution in [3.63, 3.8) is 0 Å². The summed E-state index contributed by atoms with van der Waals surface area (Å²) < 4.78 is 32.2. The second kappa shape index (κ2) is 5.32. The zero-order chi connectivity index (χ0) is 14.7. The molecular weight excluding hydrogens is 270 g/mol. The SMILES string of the molecule is N#Cc1cc(F)c(Oc2cccnc2C(=O)O)c(F)c1. The molecule has 0 amide bonds. The van der Waals surface area contributed by atoms with E-state index in [1.54, 1.807) is 6.07 Å². The number of hydrogen-bond acceptors (Lipinski definition) is 4. The average Bonchev–Trinajstić information content (AvgIpc) is 2.42. The van der Waals surface area contributed by atoms with Gasteiger partial charge in [0.1, 0.15) is 0 Å². The molecule has 0 spiro atoms. The number of carbonyl (C=O) groups is 1. The molecule has 0 saturated carbocycles. The Balaban J connectivity index is 2.46. The van der Waals surface area contributed by atoms with Gasteiger partial charge in [-0.1, -0.05) is 0 Å². The maximum absolute atomic E-state index is 13.6. The van der Waals surface area contributed by atoms with Crippen LogP contribution in [-0.4, -0.2) is 16.1 Å². The van der Waals surface area contributed by atoms with Crippen LogP contribution in [0, 0.1) is 23.0 Å². The van der Waals surface area contributed by atoms with E-state index in [-0.39, 0.29) is 11.3 Å². The molecule has 0 aliphatic carbocycles. The Kier molecular flexibility index (Phi) is 3.57. The van der Waals surface area contributed by atoms with Crippen molar-refractivity contribution in [2.24, 2.45) is 0 Å². The predicted molar refractivity (Wildman–Crippen MR) is 62.3 cm³/mol. The first-order valence-corrected chi connectivity index (χ1v) is 5.28. The van der Waals surface area contributed by atoms with Crippen LogP contribution in [-0.2, 0) is 0 Å². The lowest BCUT2D eigenvalue weighted by Crippen LogP contribution is -2.04. The van der Waals surface area contributed by atoms with Crippen molar-refractivity contribution in [1.82, 2.24) is 4.98 Å². The van der Waals surface area contributed by atoms with Crippen LogP contribution in [0.4, 0.5) is 8.78 Å². The van der Waals surface area contributed by atoms with Gasteiger partial charge in [-0.2, -0.15) is 5.26 Å². The standard InChI is InChI=1S/C13H6F2N2O3/c14-8-4-7(6-16)5-9(15)12(8)20-10-2-1-3-17-11(10)13(18)19/h1-5H,(H,18,19). The van der Waals surface area contributed by atoms with Crippen LogP contribution in [0.5, 0.6) is 11.5 Å². The molecule has 0 atom stereocenters. The minimum atomic E-state index is -1.39. The van der Waals surface area contributed by atoms with Crippen LogP contribution in [0.25, 0.3) is 0 Å². The number of halogens is 2. The number of hydrogen-bond donors (Lipinski definition) is 1. The third kappa shape index (κ3) is 2.54. The lowest BCUT2D eigenvalue weighted by Gasteiger charge is -2.09. The molecule has 7 heteroatoms. The van der Waals surface area contributed by atoms with Crippen molar-refractivity contribution in [2.45, 2.75) is 0 Å². The number of carboxylic acids is 1. The fourth-order valence-corrected chi connectivity index (χ4v) is 1.47. The first kappa shape index (κ1) is 13.4. The molecule has 2 aromatic rings. The molecule has 1 heterocycles. The summed E-state index contributed by atoms with van der Waals surface area (Å²) in [5.74, 6) is -4.71. The maximum Gasteiger partial charge on any atom is 0.358 e. The summed E-state index contributed by atoms with van der Waals surface area (Å²) >= 11 is 0. The van der Waals surface area contributed by atoms with Gasteiger partial charge >= 0.3 is 5.97 Å². The number of benzene rings is 1. The Morgan fingerprint density at radius 3 is 2.55 bits per heavy atom. The van der Waals surface area contributed by atoms with E-state index in [1.807, 2.05) is 0 Å².